The normalized spacial score (nSPS) is 12.7. The fraction of sp³-hybridized carbons (Fsp3) is 0.250. The molecule has 1 atom stereocenters. The minimum atomic E-state index is -4.47. The molecule has 6 nitrogen and oxygen atoms in total. The monoisotopic (exact) mass is 405 g/mol. The first-order chi connectivity index (χ1) is 13.7. The lowest BCUT2D eigenvalue weighted by Gasteiger charge is -2.18. The molecule has 3 rings (SSSR count). The summed E-state index contributed by atoms with van der Waals surface area (Å²) >= 11 is 0. The second-order valence-corrected chi connectivity index (χ2v) is 6.47. The Labute approximate surface area is 164 Å². The number of aromatic nitrogens is 3. The van der Waals surface area contributed by atoms with Crippen molar-refractivity contribution in [2.75, 3.05) is 6.61 Å². The van der Waals surface area contributed by atoms with Crippen LogP contribution < -0.4 is 0 Å². The number of aliphatic hydroxyl groups excluding tert-OH is 1. The molecule has 0 amide bonds. The maximum Gasteiger partial charge on any atom is 0.416 e. The highest BCUT2D eigenvalue weighted by molar-refractivity contribution is 5.87. The molecular weight excluding hydrogens is 387 g/mol. The van der Waals surface area contributed by atoms with Gasteiger partial charge in [0.05, 0.1) is 11.3 Å². The number of carbonyl (C=O) groups is 1. The summed E-state index contributed by atoms with van der Waals surface area (Å²) in [6.07, 6.45) is -5.01. The van der Waals surface area contributed by atoms with E-state index in [1.54, 1.807) is 24.3 Å². The average molecular weight is 405 g/mol. The highest BCUT2D eigenvalue weighted by atomic mass is 19.4. The van der Waals surface area contributed by atoms with Crippen molar-refractivity contribution < 1.29 is 27.8 Å². The summed E-state index contributed by atoms with van der Waals surface area (Å²) in [5.41, 5.74) is 0.894. The Morgan fingerprint density at radius 1 is 1.21 bits per heavy atom. The molecule has 152 valence electrons. The molecule has 2 aromatic carbocycles. The molecule has 0 aliphatic carbocycles. The van der Waals surface area contributed by atoms with Crippen molar-refractivity contribution in [3.63, 3.8) is 0 Å². The Morgan fingerprint density at radius 3 is 2.59 bits per heavy atom. The van der Waals surface area contributed by atoms with E-state index in [1.165, 1.54) is 17.8 Å². The summed E-state index contributed by atoms with van der Waals surface area (Å²) in [6, 6.07) is 9.85. The zero-order valence-corrected chi connectivity index (χ0v) is 15.5. The van der Waals surface area contributed by atoms with Crippen molar-refractivity contribution in [2.24, 2.45) is 0 Å². The largest absolute Gasteiger partial charge is 0.454 e. The van der Waals surface area contributed by atoms with E-state index in [-0.39, 0.29) is 24.1 Å². The number of aliphatic hydroxyl groups is 1. The quantitative estimate of drug-likeness (QED) is 0.496. The number of hydrogen-bond donors (Lipinski definition) is 1. The number of benzene rings is 2. The van der Waals surface area contributed by atoms with Crippen LogP contribution in [0.25, 0.3) is 16.7 Å². The van der Waals surface area contributed by atoms with Gasteiger partial charge >= 0.3 is 12.1 Å². The topological polar surface area (TPSA) is 77.2 Å². The van der Waals surface area contributed by atoms with Gasteiger partial charge in [0.15, 0.2) is 0 Å². The van der Waals surface area contributed by atoms with E-state index in [0.717, 1.165) is 12.1 Å². The van der Waals surface area contributed by atoms with Crippen molar-refractivity contribution in [1.82, 2.24) is 15.0 Å². The number of hydrogen-bond acceptors (Lipinski definition) is 5. The molecule has 0 aliphatic rings. The third kappa shape index (κ3) is 4.62. The van der Waals surface area contributed by atoms with Crippen molar-refractivity contribution in [3.8, 4) is 5.69 Å². The predicted molar refractivity (Wildman–Crippen MR) is 99.2 cm³/mol. The van der Waals surface area contributed by atoms with Crippen LogP contribution in [0.5, 0.6) is 0 Å². The molecule has 0 bridgehead atoms. The lowest BCUT2D eigenvalue weighted by Crippen LogP contribution is -2.13. The van der Waals surface area contributed by atoms with Crippen LogP contribution in [-0.4, -0.2) is 32.7 Å². The summed E-state index contributed by atoms with van der Waals surface area (Å²) in [7, 11) is 0. The standard InChI is InChI=1S/C20H18F3N3O3/c1-12(2)19(28)29-18(8-9-27)13-4-3-5-15(10-13)26-24-16-7-6-14(20(21,22)23)11-17(16)25-26/h3-7,10-11,18,27H,1,8-9H2,2H3. The van der Waals surface area contributed by atoms with Crippen LogP contribution in [-0.2, 0) is 15.7 Å². The zero-order chi connectivity index (χ0) is 21.2. The van der Waals surface area contributed by atoms with Crippen LogP contribution in [0.1, 0.15) is 30.6 Å². The van der Waals surface area contributed by atoms with Crippen molar-refractivity contribution in [2.45, 2.75) is 25.6 Å². The van der Waals surface area contributed by atoms with Gasteiger partial charge in [-0.05, 0) is 42.8 Å². The SMILES string of the molecule is C=C(C)C(=O)OC(CCO)c1cccc(-n2nc3ccc(C(F)(F)F)cc3n2)c1. The first-order valence-electron chi connectivity index (χ1n) is 8.71. The van der Waals surface area contributed by atoms with Gasteiger partial charge in [0.2, 0.25) is 0 Å². The number of nitrogens with zero attached hydrogens (tertiary/aromatic N) is 3. The van der Waals surface area contributed by atoms with Gasteiger partial charge < -0.3 is 9.84 Å². The molecule has 0 fully saturated rings. The van der Waals surface area contributed by atoms with Gasteiger partial charge in [0.1, 0.15) is 17.1 Å². The van der Waals surface area contributed by atoms with Crippen LogP contribution >= 0.6 is 0 Å². The first-order valence-corrected chi connectivity index (χ1v) is 8.71. The second kappa shape index (κ2) is 8.04. The van der Waals surface area contributed by atoms with Crippen molar-refractivity contribution in [3.05, 3.63) is 65.7 Å². The Kier molecular flexibility index (Phi) is 5.69. The fourth-order valence-electron chi connectivity index (χ4n) is 2.70. The molecular formula is C20H18F3N3O3. The molecule has 3 aromatic rings. The number of fused-ring (bicyclic) bond motifs is 1. The fourth-order valence-corrected chi connectivity index (χ4v) is 2.70. The molecule has 0 radical (unpaired) electrons. The molecule has 1 heterocycles. The van der Waals surface area contributed by atoms with E-state index >= 15 is 0 Å². The zero-order valence-electron chi connectivity index (χ0n) is 15.5. The first kappa shape index (κ1) is 20.5. The Morgan fingerprint density at radius 2 is 1.93 bits per heavy atom. The molecule has 29 heavy (non-hydrogen) atoms. The smallest absolute Gasteiger partial charge is 0.416 e. The van der Waals surface area contributed by atoms with Gasteiger partial charge in [0.25, 0.3) is 0 Å². The number of rotatable bonds is 6. The van der Waals surface area contributed by atoms with E-state index < -0.39 is 23.8 Å². The second-order valence-electron chi connectivity index (χ2n) is 6.47. The van der Waals surface area contributed by atoms with E-state index in [2.05, 4.69) is 16.8 Å². The predicted octanol–water partition coefficient (Wildman–Crippen LogP) is 3.98. The van der Waals surface area contributed by atoms with Crippen LogP contribution in [0, 0.1) is 0 Å². The van der Waals surface area contributed by atoms with Crippen LogP contribution in [0.3, 0.4) is 0 Å². The van der Waals surface area contributed by atoms with Crippen molar-refractivity contribution in [1.29, 1.82) is 0 Å². The molecule has 0 saturated heterocycles. The van der Waals surface area contributed by atoms with E-state index in [0.29, 0.717) is 16.8 Å². The van der Waals surface area contributed by atoms with Crippen LogP contribution in [0.2, 0.25) is 0 Å². The minimum Gasteiger partial charge on any atom is -0.454 e. The number of carbonyl (C=O) groups excluding carboxylic acids is 1. The van der Waals surface area contributed by atoms with Gasteiger partial charge in [0, 0.05) is 18.6 Å². The summed E-state index contributed by atoms with van der Waals surface area (Å²) < 4.78 is 44.1. The van der Waals surface area contributed by atoms with E-state index in [1.807, 2.05) is 0 Å². The molecule has 9 heteroatoms. The molecule has 0 spiro atoms. The van der Waals surface area contributed by atoms with Gasteiger partial charge in [-0.2, -0.15) is 18.0 Å². The third-order valence-corrected chi connectivity index (χ3v) is 4.17. The lowest BCUT2D eigenvalue weighted by molar-refractivity contribution is -0.145. The van der Waals surface area contributed by atoms with Gasteiger partial charge in [-0.3, -0.25) is 0 Å². The lowest BCUT2D eigenvalue weighted by atomic mass is 10.1. The number of halogens is 3. The summed E-state index contributed by atoms with van der Waals surface area (Å²) in [6.45, 7) is 4.85. The maximum atomic E-state index is 12.9. The van der Waals surface area contributed by atoms with Crippen LogP contribution in [0.15, 0.2) is 54.6 Å². The molecule has 1 N–H and O–H groups in total. The molecule has 1 unspecified atom stereocenters. The van der Waals surface area contributed by atoms with Crippen LogP contribution in [0.4, 0.5) is 13.2 Å². The highest BCUT2D eigenvalue weighted by Gasteiger charge is 2.31. The Hall–Kier alpha value is -3.20. The molecule has 1 aromatic heterocycles. The third-order valence-electron chi connectivity index (χ3n) is 4.17. The average Bonchev–Trinajstić information content (AvgIpc) is 3.10. The summed E-state index contributed by atoms with van der Waals surface area (Å²) in [5.74, 6) is -0.587. The number of esters is 1. The Bertz CT molecular complexity index is 1060. The number of alkyl halides is 3. The highest BCUT2D eigenvalue weighted by Crippen LogP contribution is 2.31. The summed E-state index contributed by atoms with van der Waals surface area (Å²) in [4.78, 5) is 13.1. The molecule has 0 saturated carbocycles. The van der Waals surface area contributed by atoms with E-state index in [9.17, 15) is 23.1 Å². The molecule has 0 aliphatic heterocycles. The van der Waals surface area contributed by atoms with Gasteiger partial charge in [-0.1, -0.05) is 18.7 Å². The summed E-state index contributed by atoms with van der Waals surface area (Å²) in [5, 5.41) is 17.6. The Balaban J connectivity index is 1.95. The van der Waals surface area contributed by atoms with Gasteiger partial charge in [-0.15, -0.1) is 10.2 Å². The number of ether oxygens (including phenoxy) is 1. The van der Waals surface area contributed by atoms with Crippen molar-refractivity contribution >= 4 is 17.0 Å². The minimum absolute atomic E-state index is 0.103. The van der Waals surface area contributed by atoms with Gasteiger partial charge in [-0.25, -0.2) is 4.79 Å². The van der Waals surface area contributed by atoms with E-state index in [4.69, 9.17) is 4.74 Å². The maximum absolute atomic E-state index is 12.9.